The smallest absolute Gasteiger partial charge is 0.408 e. The third-order valence-corrected chi connectivity index (χ3v) is 5.82. The van der Waals surface area contributed by atoms with Gasteiger partial charge in [0, 0.05) is 29.9 Å². The molecule has 1 unspecified atom stereocenters. The molecule has 0 radical (unpaired) electrons. The fourth-order valence-electron chi connectivity index (χ4n) is 4.14. The van der Waals surface area contributed by atoms with Gasteiger partial charge in [-0.2, -0.15) is 0 Å². The number of nitrogens with zero attached hydrogens (tertiary/aromatic N) is 1. The molecule has 186 valence electrons. The number of anilines is 2. The number of para-hydroxylation sites is 1. The van der Waals surface area contributed by atoms with Crippen LogP contribution in [0.15, 0.2) is 78.9 Å². The van der Waals surface area contributed by atoms with E-state index in [0.717, 1.165) is 23.2 Å². The van der Waals surface area contributed by atoms with Crippen molar-refractivity contribution in [3.05, 3.63) is 95.6 Å². The van der Waals surface area contributed by atoms with Crippen LogP contribution in [0.5, 0.6) is 0 Å². The van der Waals surface area contributed by atoms with E-state index < -0.39 is 17.7 Å². The van der Waals surface area contributed by atoms with Crippen molar-refractivity contribution in [1.29, 1.82) is 0 Å². The number of hydrogen-bond donors (Lipinski definition) is 2. The molecule has 1 aliphatic rings. The first-order valence-corrected chi connectivity index (χ1v) is 12.0. The Morgan fingerprint density at radius 2 is 1.58 bits per heavy atom. The van der Waals surface area contributed by atoms with Crippen LogP contribution >= 0.6 is 0 Å². The summed E-state index contributed by atoms with van der Waals surface area (Å²) >= 11 is 0. The Labute approximate surface area is 211 Å². The van der Waals surface area contributed by atoms with E-state index in [2.05, 4.69) is 10.6 Å². The van der Waals surface area contributed by atoms with Crippen LogP contribution in [0.1, 0.15) is 42.3 Å². The molecule has 7 heteroatoms. The summed E-state index contributed by atoms with van der Waals surface area (Å²) in [5, 5.41) is 5.53. The monoisotopic (exact) mass is 485 g/mol. The molecule has 0 saturated heterocycles. The Kier molecular flexibility index (Phi) is 7.38. The Hall–Kier alpha value is -4.13. The first kappa shape index (κ1) is 25.0. The van der Waals surface area contributed by atoms with Gasteiger partial charge in [-0.15, -0.1) is 0 Å². The molecule has 1 aliphatic heterocycles. The van der Waals surface area contributed by atoms with Gasteiger partial charge in [-0.1, -0.05) is 48.5 Å². The Morgan fingerprint density at radius 1 is 0.917 bits per heavy atom. The molecule has 7 nitrogen and oxygen atoms in total. The zero-order valence-corrected chi connectivity index (χ0v) is 20.8. The van der Waals surface area contributed by atoms with Crippen molar-refractivity contribution in [3.8, 4) is 0 Å². The average molecular weight is 486 g/mol. The largest absolute Gasteiger partial charge is 0.444 e. The number of carbonyl (C=O) groups excluding carboxylic acids is 3. The molecular formula is C29H31N3O4. The predicted molar refractivity (Wildman–Crippen MR) is 140 cm³/mol. The summed E-state index contributed by atoms with van der Waals surface area (Å²) in [4.78, 5) is 40.4. The molecule has 4 rings (SSSR count). The number of nitrogens with one attached hydrogen (secondary N) is 2. The van der Waals surface area contributed by atoms with Gasteiger partial charge in [-0.25, -0.2) is 4.79 Å². The van der Waals surface area contributed by atoms with Crippen LogP contribution in [0, 0.1) is 0 Å². The molecule has 3 amide bonds. The minimum absolute atomic E-state index is 0.0774. The molecule has 1 heterocycles. The lowest BCUT2D eigenvalue weighted by molar-refractivity contribution is -0.118. The van der Waals surface area contributed by atoms with Gasteiger partial charge < -0.3 is 20.3 Å². The number of carbonyl (C=O) groups is 3. The highest BCUT2D eigenvalue weighted by Crippen LogP contribution is 2.29. The zero-order valence-electron chi connectivity index (χ0n) is 20.8. The summed E-state index contributed by atoms with van der Waals surface area (Å²) in [6.45, 7) is 5.95. The van der Waals surface area contributed by atoms with Crippen LogP contribution in [-0.2, 0) is 22.4 Å². The third-order valence-electron chi connectivity index (χ3n) is 5.82. The average Bonchev–Trinajstić information content (AvgIpc) is 3.27. The predicted octanol–water partition coefficient (Wildman–Crippen LogP) is 4.96. The van der Waals surface area contributed by atoms with E-state index >= 15 is 0 Å². The molecule has 0 fully saturated rings. The maximum Gasteiger partial charge on any atom is 0.408 e. The van der Waals surface area contributed by atoms with Gasteiger partial charge in [0.05, 0.1) is 0 Å². The number of alkyl carbamates (subject to hydrolysis) is 1. The molecule has 0 aliphatic carbocycles. The molecule has 2 N–H and O–H groups in total. The number of fused-ring (bicyclic) bond motifs is 1. The van der Waals surface area contributed by atoms with Crippen LogP contribution in [-0.4, -0.2) is 36.1 Å². The number of rotatable bonds is 6. The van der Waals surface area contributed by atoms with Gasteiger partial charge in [-0.3, -0.25) is 9.59 Å². The fourth-order valence-corrected chi connectivity index (χ4v) is 4.14. The van der Waals surface area contributed by atoms with Crippen molar-refractivity contribution in [1.82, 2.24) is 5.32 Å². The highest BCUT2D eigenvalue weighted by molar-refractivity contribution is 6.07. The van der Waals surface area contributed by atoms with Crippen molar-refractivity contribution in [2.75, 3.05) is 16.8 Å². The lowest BCUT2D eigenvalue weighted by Gasteiger charge is -2.23. The summed E-state index contributed by atoms with van der Waals surface area (Å²) in [6.07, 6.45) is 0.478. The van der Waals surface area contributed by atoms with E-state index in [4.69, 9.17) is 4.74 Å². The van der Waals surface area contributed by atoms with Crippen LogP contribution in [0.25, 0.3) is 0 Å². The number of amides is 3. The summed E-state index contributed by atoms with van der Waals surface area (Å²) in [5.41, 5.74) is 3.39. The van der Waals surface area contributed by atoms with E-state index in [1.54, 1.807) is 49.9 Å². The van der Waals surface area contributed by atoms with E-state index in [9.17, 15) is 14.4 Å². The second-order valence-electron chi connectivity index (χ2n) is 9.79. The molecule has 1 atom stereocenters. The quantitative estimate of drug-likeness (QED) is 0.516. The highest BCUT2D eigenvalue weighted by atomic mass is 16.6. The zero-order chi connectivity index (χ0) is 25.7. The standard InChI is InChI=1S/C29H31N3O4/c1-29(2,3)36-28(35)31-24(19-20-9-5-4-6-10-20)26(33)30-23-15-13-22(14-16-23)27(34)32-18-17-21-11-7-8-12-25(21)32/h4-16,24H,17-19H2,1-3H3,(H,30,33)(H,31,35). The topological polar surface area (TPSA) is 87.7 Å². The molecular weight excluding hydrogens is 454 g/mol. The number of hydrogen-bond acceptors (Lipinski definition) is 4. The molecule has 0 spiro atoms. The Morgan fingerprint density at radius 3 is 2.28 bits per heavy atom. The van der Waals surface area contributed by atoms with Crippen molar-refractivity contribution in [2.45, 2.75) is 45.3 Å². The second kappa shape index (κ2) is 10.6. The van der Waals surface area contributed by atoms with Crippen LogP contribution in [0.2, 0.25) is 0 Å². The molecule has 36 heavy (non-hydrogen) atoms. The normalized spacial score (nSPS) is 13.5. The van der Waals surface area contributed by atoms with Gasteiger partial charge in [0.15, 0.2) is 0 Å². The van der Waals surface area contributed by atoms with Crippen LogP contribution in [0.3, 0.4) is 0 Å². The fraction of sp³-hybridized carbons (Fsp3) is 0.276. The van der Waals surface area contributed by atoms with E-state index in [0.29, 0.717) is 24.2 Å². The third kappa shape index (κ3) is 6.30. The maximum atomic E-state index is 13.1. The van der Waals surface area contributed by atoms with Crippen molar-refractivity contribution < 1.29 is 19.1 Å². The molecule has 0 saturated carbocycles. The minimum Gasteiger partial charge on any atom is -0.444 e. The van der Waals surface area contributed by atoms with Gasteiger partial charge in [-0.05, 0) is 68.7 Å². The highest BCUT2D eigenvalue weighted by Gasteiger charge is 2.26. The van der Waals surface area contributed by atoms with Crippen LogP contribution < -0.4 is 15.5 Å². The van der Waals surface area contributed by atoms with E-state index in [-0.39, 0.29) is 11.8 Å². The van der Waals surface area contributed by atoms with Crippen molar-refractivity contribution in [2.24, 2.45) is 0 Å². The maximum absolute atomic E-state index is 13.1. The lowest BCUT2D eigenvalue weighted by Crippen LogP contribution is -2.47. The number of ether oxygens (including phenoxy) is 1. The summed E-state index contributed by atoms with van der Waals surface area (Å²) in [5.74, 6) is -0.455. The lowest BCUT2D eigenvalue weighted by atomic mass is 10.1. The van der Waals surface area contributed by atoms with Crippen molar-refractivity contribution >= 4 is 29.3 Å². The second-order valence-corrected chi connectivity index (χ2v) is 9.79. The van der Waals surface area contributed by atoms with Crippen LogP contribution in [0.4, 0.5) is 16.2 Å². The molecule has 3 aromatic carbocycles. The van der Waals surface area contributed by atoms with Gasteiger partial charge in [0.1, 0.15) is 11.6 Å². The summed E-state index contributed by atoms with van der Waals surface area (Å²) < 4.78 is 5.35. The molecule has 3 aromatic rings. The minimum atomic E-state index is -0.843. The van der Waals surface area contributed by atoms with Gasteiger partial charge in [0.2, 0.25) is 5.91 Å². The Balaban J connectivity index is 1.44. The van der Waals surface area contributed by atoms with Gasteiger partial charge >= 0.3 is 6.09 Å². The van der Waals surface area contributed by atoms with Gasteiger partial charge in [0.25, 0.3) is 5.91 Å². The first-order valence-electron chi connectivity index (χ1n) is 12.0. The van der Waals surface area contributed by atoms with E-state index in [1.165, 1.54) is 0 Å². The van der Waals surface area contributed by atoms with Crippen molar-refractivity contribution in [3.63, 3.8) is 0 Å². The molecule has 0 aromatic heterocycles. The van der Waals surface area contributed by atoms with E-state index in [1.807, 2.05) is 54.6 Å². The summed E-state index contributed by atoms with van der Waals surface area (Å²) in [7, 11) is 0. The Bertz CT molecular complexity index is 1230. The summed E-state index contributed by atoms with van der Waals surface area (Å²) in [6, 6.07) is 23.3. The SMILES string of the molecule is CC(C)(C)OC(=O)NC(Cc1ccccc1)C(=O)Nc1ccc(C(=O)N2CCc3ccccc32)cc1. The molecule has 0 bridgehead atoms. The first-order chi connectivity index (χ1) is 17.2. The number of benzene rings is 3.